The van der Waals surface area contributed by atoms with Crippen molar-refractivity contribution >= 4 is 29.3 Å². The minimum atomic E-state index is -0.923. The molecule has 0 radical (unpaired) electrons. The van der Waals surface area contributed by atoms with Crippen LogP contribution in [-0.4, -0.2) is 101 Å². The standard InChI is InChI=1S/C36H52FN7O6/c1-5-28-33(42-50-41-28)35(47)40-32(24-9-7-22(3)8-10-24)34(46)38-29-12-11-25(21-27(29)37)23(4)31(39-30(45)6-2)36(48)44-15-13-26(14-16-44)43-17-19-49-20-18-43/h11-12,21-24,26,31-32H,5-10,13-20H2,1-4H3,(H,38,46)(H,39,45)(H,40,47)/t22-,23-,24-,31+,32-/m0/s1. The fourth-order valence-corrected chi connectivity index (χ4v) is 7.42. The van der Waals surface area contributed by atoms with Crippen LogP contribution in [0.25, 0.3) is 0 Å². The molecule has 0 spiro atoms. The van der Waals surface area contributed by atoms with Crippen LogP contribution in [0, 0.1) is 17.7 Å². The Balaban J connectivity index is 1.28. The molecule has 3 atom stereocenters. The van der Waals surface area contributed by atoms with E-state index in [9.17, 15) is 19.2 Å². The monoisotopic (exact) mass is 697 g/mol. The molecule has 5 rings (SSSR count). The normalized spacial score (nSPS) is 22.3. The third kappa shape index (κ3) is 9.05. The van der Waals surface area contributed by atoms with Crippen molar-refractivity contribution in [3.8, 4) is 0 Å². The smallest absolute Gasteiger partial charge is 0.276 e. The lowest BCUT2D eigenvalue weighted by molar-refractivity contribution is -0.138. The predicted molar refractivity (Wildman–Crippen MR) is 184 cm³/mol. The third-order valence-electron chi connectivity index (χ3n) is 10.7. The molecular weight excluding hydrogens is 645 g/mol. The number of aromatic nitrogens is 2. The fraction of sp³-hybridized carbons (Fsp3) is 0.667. The van der Waals surface area contributed by atoms with E-state index in [1.54, 1.807) is 24.8 Å². The summed E-state index contributed by atoms with van der Waals surface area (Å²) >= 11 is 0. The molecule has 1 saturated carbocycles. The number of aryl methyl sites for hydroxylation is 1. The number of benzene rings is 1. The Hall–Kier alpha value is -3.91. The molecule has 2 aliphatic heterocycles. The van der Waals surface area contributed by atoms with E-state index in [-0.39, 0.29) is 35.5 Å². The van der Waals surface area contributed by atoms with Crippen molar-refractivity contribution < 1.29 is 32.9 Å². The van der Waals surface area contributed by atoms with Crippen LogP contribution in [0.5, 0.6) is 0 Å². The number of halogens is 1. The third-order valence-corrected chi connectivity index (χ3v) is 10.7. The van der Waals surface area contributed by atoms with Crippen molar-refractivity contribution in [2.24, 2.45) is 11.8 Å². The molecule has 0 unspecified atom stereocenters. The first-order valence-electron chi connectivity index (χ1n) is 18.2. The summed E-state index contributed by atoms with van der Waals surface area (Å²) in [7, 11) is 0. The van der Waals surface area contributed by atoms with Gasteiger partial charge in [-0.05, 0) is 66.8 Å². The average Bonchev–Trinajstić information content (AvgIpc) is 3.63. The second-order valence-corrected chi connectivity index (χ2v) is 14.0. The SMILES string of the molecule is CCC(=O)N[C@@H](C(=O)N1CCC(N2CCOCC2)CC1)[C@@H](C)c1ccc(NC(=O)[C@@H](NC(=O)c2nonc2CC)[C@H]2CC[C@H](C)CC2)c(F)c1. The van der Waals surface area contributed by atoms with Crippen LogP contribution >= 0.6 is 0 Å². The molecule has 1 aromatic carbocycles. The molecule has 14 heteroatoms. The highest BCUT2D eigenvalue weighted by Gasteiger charge is 2.36. The van der Waals surface area contributed by atoms with Gasteiger partial charge >= 0.3 is 0 Å². The minimum Gasteiger partial charge on any atom is -0.379 e. The number of ether oxygens (including phenoxy) is 1. The number of nitrogens with zero attached hydrogens (tertiary/aromatic N) is 4. The zero-order chi connectivity index (χ0) is 35.8. The van der Waals surface area contributed by atoms with Crippen molar-refractivity contribution in [3.63, 3.8) is 0 Å². The Kier molecular flexibility index (Phi) is 13.0. The molecule has 3 fully saturated rings. The number of amides is 4. The molecule has 2 aromatic rings. The number of nitrogens with one attached hydrogen (secondary N) is 3. The molecule has 3 heterocycles. The number of rotatable bonds is 12. The quantitative estimate of drug-likeness (QED) is 0.301. The molecule has 3 aliphatic rings. The van der Waals surface area contributed by atoms with E-state index in [2.05, 4.69) is 38.1 Å². The first-order valence-corrected chi connectivity index (χ1v) is 18.2. The Labute approximate surface area is 293 Å². The number of carbonyl (C=O) groups is 4. The van der Waals surface area contributed by atoms with E-state index in [4.69, 9.17) is 9.37 Å². The topological polar surface area (TPSA) is 159 Å². The van der Waals surface area contributed by atoms with E-state index < -0.39 is 35.6 Å². The first kappa shape index (κ1) is 37.3. The maximum Gasteiger partial charge on any atom is 0.276 e. The number of hydrogen-bond acceptors (Lipinski definition) is 9. The molecule has 4 amide bonds. The molecule has 3 N–H and O–H groups in total. The van der Waals surface area contributed by atoms with Gasteiger partial charge in [0.05, 0.1) is 18.9 Å². The molecule has 13 nitrogen and oxygen atoms in total. The highest BCUT2D eigenvalue weighted by molar-refractivity contribution is 6.01. The molecule has 50 heavy (non-hydrogen) atoms. The predicted octanol–water partition coefficient (Wildman–Crippen LogP) is 3.66. The lowest BCUT2D eigenvalue weighted by atomic mass is 9.79. The van der Waals surface area contributed by atoms with Crippen LogP contribution in [0.3, 0.4) is 0 Å². The second kappa shape index (κ2) is 17.3. The fourth-order valence-electron chi connectivity index (χ4n) is 7.42. The van der Waals surface area contributed by atoms with Crippen molar-refractivity contribution in [1.82, 2.24) is 30.7 Å². The largest absolute Gasteiger partial charge is 0.379 e. The van der Waals surface area contributed by atoms with Gasteiger partial charge in [-0.25, -0.2) is 9.02 Å². The summed E-state index contributed by atoms with van der Waals surface area (Å²) < 4.78 is 26.0. The minimum absolute atomic E-state index is 0.0275. The van der Waals surface area contributed by atoms with Crippen molar-refractivity contribution in [2.45, 2.75) is 103 Å². The van der Waals surface area contributed by atoms with Crippen molar-refractivity contribution in [1.29, 1.82) is 0 Å². The van der Waals surface area contributed by atoms with Gasteiger partial charge in [-0.2, -0.15) is 0 Å². The molecular formula is C36H52FN7O6. The molecule has 2 saturated heterocycles. The second-order valence-electron chi connectivity index (χ2n) is 14.0. The van der Waals surface area contributed by atoms with Gasteiger partial charge < -0.3 is 25.6 Å². The van der Waals surface area contributed by atoms with Gasteiger partial charge in [0.15, 0.2) is 5.69 Å². The van der Waals surface area contributed by atoms with E-state index in [0.29, 0.717) is 42.7 Å². The van der Waals surface area contributed by atoms with Crippen molar-refractivity contribution in [3.05, 3.63) is 41.0 Å². The summed E-state index contributed by atoms with van der Waals surface area (Å²) in [5.74, 6) is -2.41. The van der Waals surface area contributed by atoms with Gasteiger partial charge in [0.2, 0.25) is 17.7 Å². The van der Waals surface area contributed by atoms with Gasteiger partial charge in [-0.1, -0.05) is 51.8 Å². The molecule has 1 aliphatic carbocycles. The lowest BCUT2D eigenvalue weighted by Crippen LogP contribution is -2.55. The molecule has 0 bridgehead atoms. The summed E-state index contributed by atoms with van der Waals surface area (Å²) in [5.41, 5.74) is 0.881. The van der Waals surface area contributed by atoms with Crippen LogP contribution in [0.15, 0.2) is 22.8 Å². The van der Waals surface area contributed by atoms with Crippen LogP contribution < -0.4 is 16.0 Å². The van der Waals surface area contributed by atoms with Gasteiger partial charge in [-0.15, -0.1) is 0 Å². The maximum atomic E-state index is 15.8. The van der Waals surface area contributed by atoms with E-state index in [0.717, 1.165) is 64.8 Å². The highest BCUT2D eigenvalue weighted by atomic mass is 19.1. The highest BCUT2D eigenvalue weighted by Crippen LogP contribution is 2.32. The van der Waals surface area contributed by atoms with Crippen LogP contribution in [0.2, 0.25) is 0 Å². The van der Waals surface area contributed by atoms with E-state index in [1.807, 2.05) is 6.92 Å². The van der Waals surface area contributed by atoms with E-state index >= 15 is 4.39 Å². The number of piperidine rings is 1. The number of anilines is 1. The maximum absolute atomic E-state index is 15.8. The number of hydrogen-bond donors (Lipinski definition) is 3. The first-order chi connectivity index (χ1) is 24.1. The van der Waals surface area contributed by atoms with Gasteiger partial charge in [0.25, 0.3) is 5.91 Å². The summed E-state index contributed by atoms with van der Waals surface area (Å²) in [6.07, 6.45) is 5.62. The summed E-state index contributed by atoms with van der Waals surface area (Å²) in [6.45, 7) is 11.9. The van der Waals surface area contributed by atoms with Gasteiger partial charge in [0.1, 0.15) is 23.6 Å². The average molecular weight is 698 g/mol. The Morgan fingerprint density at radius 3 is 2.30 bits per heavy atom. The van der Waals surface area contributed by atoms with Crippen LogP contribution in [0.1, 0.15) is 100 Å². The lowest BCUT2D eigenvalue weighted by Gasteiger charge is -2.41. The number of likely N-dealkylation sites (tertiary alicyclic amines) is 1. The number of morpholine rings is 1. The summed E-state index contributed by atoms with van der Waals surface area (Å²) in [5, 5.41) is 15.9. The summed E-state index contributed by atoms with van der Waals surface area (Å²) in [6, 6.07) is 3.02. The molecule has 1 aromatic heterocycles. The summed E-state index contributed by atoms with van der Waals surface area (Å²) in [4.78, 5) is 57.6. The molecule has 274 valence electrons. The van der Waals surface area contributed by atoms with Crippen LogP contribution in [-0.2, 0) is 25.5 Å². The zero-order valence-electron chi connectivity index (χ0n) is 29.7. The zero-order valence-corrected chi connectivity index (χ0v) is 29.7. The van der Waals surface area contributed by atoms with E-state index in [1.165, 1.54) is 12.1 Å². The van der Waals surface area contributed by atoms with Crippen LogP contribution in [0.4, 0.5) is 10.1 Å². The van der Waals surface area contributed by atoms with Crippen molar-refractivity contribution in [2.75, 3.05) is 44.7 Å². The number of carbonyl (C=O) groups excluding carboxylic acids is 4. The Morgan fingerprint density at radius 2 is 1.66 bits per heavy atom. The van der Waals surface area contributed by atoms with Gasteiger partial charge in [-0.3, -0.25) is 24.1 Å². The Bertz CT molecular complexity index is 1480. The van der Waals surface area contributed by atoms with Gasteiger partial charge in [0, 0.05) is 44.6 Å². The Morgan fingerprint density at radius 1 is 0.960 bits per heavy atom.